The summed E-state index contributed by atoms with van der Waals surface area (Å²) in [6.07, 6.45) is 3.42. The average molecular weight is 313 g/mol. The predicted molar refractivity (Wildman–Crippen MR) is 84.5 cm³/mol. The van der Waals surface area contributed by atoms with Crippen molar-refractivity contribution in [2.75, 3.05) is 24.7 Å². The van der Waals surface area contributed by atoms with Crippen molar-refractivity contribution < 1.29 is 9.13 Å². The molecule has 0 aliphatic carbocycles. The van der Waals surface area contributed by atoms with Crippen molar-refractivity contribution >= 4 is 11.3 Å². The van der Waals surface area contributed by atoms with Crippen LogP contribution in [-0.2, 0) is 4.74 Å². The van der Waals surface area contributed by atoms with Gasteiger partial charge >= 0.3 is 0 Å². The number of hydrogen-bond acceptors (Lipinski definition) is 5. The molecule has 1 aromatic carbocycles. The molecular formula is C16H16FN5O. The fourth-order valence-electron chi connectivity index (χ4n) is 2.79. The Morgan fingerprint density at radius 2 is 2.22 bits per heavy atom. The monoisotopic (exact) mass is 313 g/mol. The van der Waals surface area contributed by atoms with Crippen molar-refractivity contribution in [1.82, 2.24) is 14.6 Å². The van der Waals surface area contributed by atoms with Gasteiger partial charge in [-0.15, -0.1) is 10.2 Å². The van der Waals surface area contributed by atoms with Gasteiger partial charge in [0.05, 0.1) is 6.10 Å². The number of anilines is 1. The highest BCUT2D eigenvalue weighted by Gasteiger charge is 2.22. The highest BCUT2D eigenvalue weighted by Crippen LogP contribution is 2.28. The number of benzene rings is 1. The van der Waals surface area contributed by atoms with Gasteiger partial charge in [-0.2, -0.15) is 0 Å². The molecule has 1 saturated heterocycles. The summed E-state index contributed by atoms with van der Waals surface area (Å²) in [5.41, 5.74) is 8.45. The molecule has 3 heterocycles. The smallest absolute Gasteiger partial charge is 0.160 e. The normalized spacial score (nSPS) is 18.0. The maximum atomic E-state index is 14.6. The molecule has 6 nitrogen and oxygen atoms in total. The lowest BCUT2D eigenvalue weighted by atomic mass is 10.1. The molecule has 0 bridgehead atoms. The van der Waals surface area contributed by atoms with Crippen molar-refractivity contribution in [3.63, 3.8) is 0 Å². The van der Waals surface area contributed by atoms with Crippen LogP contribution in [0.5, 0.6) is 0 Å². The van der Waals surface area contributed by atoms with Gasteiger partial charge in [-0.05, 0) is 30.3 Å². The molecule has 23 heavy (non-hydrogen) atoms. The van der Waals surface area contributed by atoms with Gasteiger partial charge in [0.2, 0.25) is 0 Å². The van der Waals surface area contributed by atoms with Crippen LogP contribution < -0.4 is 10.6 Å². The predicted octanol–water partition coefficient (Wildman–Crippen LogP) is 1.66. The number of ether oxygens (including phenoxy) is 1. The second-order valence-electron chi connectivity index (χ2n) is 5.55. The molecule has 4 rings (SSSR count). The first-order chi connectivity index (χ1) is 11.2. The van der Waals surface area contributed by atoms with Gasteiger partial charge < -0.3 is 15.4 Å². The molecule has 1 atom stereocenters. The van der Waals surface area contributed by atoms with Crippen LogP contribution >= 0.6 is 0 Å². The van der Waals surface area contributed by atoms with E-state index in [0.29, 0.717) is 25.4 Å². The number of aromatic nitrogens is 3. The lowest BCUT2D eigenvalue weighted by Gasteiger charge is -2.17. The van der Waals surface area contributed by atoms with Crippen molar-refractivity contribution in [1.29, 1.82) is 0 Å². The molecule has 118 valence electrons. The zero-order chi connectivity index (χ0) is 15.8. The summed E-state index contributed by atoms with van der Waals surface area (Å²) in [5, 5.41) is 7.77. The fourth-order valence-corrected chi connectivity index (χ4v) is 2.79. The first kappa shape index (κ1) is 14.1. The molecule has 1 aliphatic rings. The van der Waals surface area contributed by atoms with Crippen molar-refractivity contribution in [3.05, 3.63) is 48.7 Å². The van der Waals surface area contributed by atoms with E-state index in [4.69, 9.17) is 10.5 Å². The quantitative estimate of drug-likeness (QED) is 0.796. The lowest BCUT2D eigenvalue weighted by Crippen LogP contribution is -2.26. The third kappa shape index (κ3) is 2.54. The van der Waals surface area contributed by atoms with Gasteiger partial charge in [0.15, 0.2) is 5.65 Å². The summed E-state index contributed by atoms with van der Waals surface area (Å²) in [6.45, 7) is 1.59. The van der Waals surface area contributed by atoms with Gasteiger partial charge in [-0.25, -0.2) is 4.39 Å². The van der Waals surface area contributed by atoms with E-state index in [1.165, 1.54) is 6.07 Å². The summed E-state index contributed by atoms with van der Waals surface area (Å²) >= 11 is 0. The number of halogens is 1. The Bertz CT molecular complexity index is 849. The van der Waals surface area contributed by atoms with Crippen LogP contribution in [0.2, 0.25) is 0 Å². The van der Waals surface area contributed by atoms with Crippen LogP contribution in [0.4, 0.5) is 10.1 Å². The summed E-state index contributed by atoms with van der Waals surface area (Å²) in [5.74, 6) is -0.272. The minimum atomic E-state index is -0.272. The largest absolute Gasteiger partial charge is 0.355 e. The summed E-state index contributed by atoms with van der Waals surface area (Å²) in [7, 11) is 0. The Morgan fingerprint density at radius 1 is 1.30 bits per heavy atom. The van der Waals surface area contributed by atoms with E-state index in [1.54, 1.807) is 16.8 Å². The van der Waals surface area contributed by atoms with Crippen LogP contribution in [0.25, 0.3) is 16.8 Å². The van der Waals surface area contributed by atoms with Crippen LogP contribution in [0.15, 0.2) is 42.9 Å². The van der Waals surface area contributed by atoms with Gasteiger partial charge in [0, 0.05) is 36.1 Å². The molecule has 0 spiro atoms. The molecule has 7 heteroatoms. The number of pyridine rings is 1. The molecule has 3 aromatic rings. The fraction of sp³-hybridized carbons (Fsp3) is 0.250. The van der Waals surface area contributed by atoms with E-state index >= 15 is 0 Å². The Morgan fingerprint density at radius 3 is 3.00 bits per heavy atom. The van der Waals surface area contributed by atoms with Crippen LogP contribution in [0, 0.1) is 5.82 Å². The second kappa shape index (κ2) is 5.60. The second-order valence-corrected chi connectivity index (χ2v) is 5.55. The Kier molecular flexibility index (Phi) is 3.44. The number of nitrogens with zero attached hydrogens (tertiary/aromatic N) is 4. The first-order valence-electron chi connectivity index (χ1n) is 7.40. The Balaban J connectivity index is 1.65. The van der Waals surface area contributed by atoms with Gasteiger partial charge in [-0.1, -0.05) is 0 Å². The Hall–Kier alpha value is -2.51. The molecule has 2 aromatic heterocycles. The minimum absolute atomic E-state index is 0.00823. The molecule has 2 N–H and O–H groups in total. The third-order valence-electron chi connectivity index (χ3n) is 4.07. The maximum Gasteiger partial charge on any atom is 0.160 e. The van der Waals surface area contributed by atoms with Crippen molar-refractivity contribution in [2.45, 2.75) is 6.10 Å². The molecule has 0 amide bonds. The van der Waals surface area contributed by atoms with Gasteiger partial charge in [-0.3, -0.25) is 4.40 Å². The summed E-state index contributed by atoms with van der Waals surface area (Å²) in [6, 6.07) is 8.87. The van der Waals surface area contributed by atoms with Crippen LogP contribution in [-0.4, -0.2) is 40.5 Å². The van der Waals surface area contributed by atoms with Crippen LogP contribution in [0.3, 0.4) is 0 Å². The first-order valence-corrected chi connectivity index (χ1v) is 7.40. The van der Waals surface area contributed by atoms with E-state index < -0.39 is 0 Å². The standard InChI is InChI=1S/C16H16FN5O/c17-15-5-12(22-8-13(6-18)23-10-22)2-3-14(15)11-1-4-16-20-19-9-21(16)7-11/h1-5,7,9,13H,6,8,10,18H2. The molecular weight excluding hydrogens is 297 g/mol. The van der Waals surface area contributed by atoms with E-state index in [1.807, 2.05) is 29.3 Å². The molecule has 1 unspecified atom stereocenters. The van der Waals surface area contributed by atoms with Crippen molar-refractivity contribution in [3.8, 4) is 11.1 Å². The molecule has 0 saturated carbocycles. The average Bonchev–Trinajstić information content (AvgIpc) is 3.23. The number of rotatable bonds is 3. The van der Waals surface area contributed by atoms with Gasteiger partial charge in [0.1, 0.15) is 18.9 Å². The number of hydrogen-bond donors (Lipinski definition) is 1. The molecule has 1 fully saturated rings. The molecule has 1 aliphatic heterocycles. The lowest BCUT2D eigenvalue weighted by molar-refractivity contribution is 0.122. The zero-order valence-corrected chi connectivity index (χ0v) is 12.4. The Labute approximate surface area is 132 Å². The van der Waals surface area contributed by atoms with Gasteiger partial charge in [0.25, 0.3) is 0 Å². The third-order valence-corrected chi connectivity index (χ3v) is 4.07. The van der Waals surface area contributed by atoms with E-state index in [0.717, 1.165) is 16.9 Å². The van der Waals surface area contributed by atoms with E-state index in [9.17, 15) is 4.39 Å². The maximum absolute atomic E-state index is 14.6. The van der Waals surface area contributed by atoms with E-state index in [2.05, 4.69) is 10.2 Å². The highest BCUT2D eigenvalue weighted by molar-refractivity contribution is 5.68. The minimum Gasteiger partial charge on any atom is -0.355 e. The van der Waals surface area contributed by atoms with E-state index in [-0.39, 0.29) is 11.9 Å². The van der Waals surface area contributed by atoms with Crippen LogP contribution in [0.1, 0.15) is 0 Å². The zero-order valence-electron chi connectivity index (χ0n) is 12.4. The highest BCUT2D eigenvalue weighted by atomic mass is 19.1. The summed E-state index contributed by atoms with van der Waals surface area (Å²) in [4.78, 5) is 1.98. The summed E-state index contributed by atoms with van der Waals surface area (Å²) < 4.78 is 21.9. The topological polar surface area (TPSA) is 68.7 Å². The molecule has 0 radical (unpaired) electrons. The number of nitrogens with two attached hydrogens (primary N) is 1. The number of fused-ring (bicyclic) bond motifs is 1. The SMILES string of the molecule is NCC1CN(c2ccc(-c3ccc4nncn4c3)c(F)c2)CO1. The van der Waals surface area contributed by atoms with Crippen molar-refractivity contribution in [2.24, 2.45) is 5.73 Å².